The number of anilines is 1. The summed E-state index contributed by atoms with van der Waals surface area (Å²) >= 11 is 1.22. The van der Waals surface area contributed by atoms with Crippen molar-refractivity contribution in [1.29, 1.82) is 0 Å². The van der Waals surface area contributed by atoms with Crippen molar-refractivity contribution in [1.82, 2.24) is 4.98 Å². The van der Waals surface area contributed by atoms with Crippen LogP contribution in [0.25, 0.3) is 0 Å². The van der Waals surface area contributed by atoms with Crippen LogP contribution >= 0.6 is 11.3 Å². The maximum absolute atomic E-state index is 12.3. The average molecular weight is 373 g/mol. The lowest BCUT2D eigenvalue weighted by molar-refractivity contribution is 0.415. The van der Waals surface area contributed by atoms with Crippen LogP contribution in [-0.4, -0.2) is 26.7 Å². The number of thiazole rings is 1. The molecule has 0 bridgehead atoms. The van der Waals surface area contributed by atoms with Gasteiger partial charge >= 0.3 is 0 Å². The lowest BCUT2D eigenvalue weighted by Gasteiger charge is -2.05. The first-order valence-electron chi connectivity index (χ1n) is 7.27. The Balaban J connectivity index is 1.72. The molecular formula is C17H15N3O3S2. The molecule has 25 heavy (non-hydrogen) atoms. The van der Waals surface area contributed by atoms with E-state index >= 15 is 0 Å². The molecule has 3 aromatic rings. The van der Waals surface area contributed by atoms with Crippen LogP contribution in [0, 0.1) is 0 Å². The number of aromatic nitrogens is 1. The number of hydrogen-bond acceptors (Lipinski definition) is 6. The summed E-state index contributed by atoms with van der Waals surface area (Å²) in [5.41, 5.74) is 1.58. The van der Waals surface area contributed by atoms with E-state index in [0.29, 0.717) is 10.8 Å². The van der Waals surface area contributed by atoms with Crippen molar-refractivity contribution in [2.45, 2.75) is 4.90 Å². The molecule has 0 atom stereocenters. The van der Waals surface area contributed by atoms with Crippen LogP contribution < -0.4 is 9.46 Å². The number of rotatable bonds is 6. The van der Waals surface area contributed by atoms with Crippen molar-refractivity contribution < 1.29 is 13.2 Å². The van der Waals surface area contributed by atoms with Crippen LogP contribution in [0.15, 0.2) is 70.0 Å². The van der Waals surface area contributed by atoms with Crippen LogP contribution in [0.4, 0.5) is 10.8 Å². The number of aliphatic imine (C=N–C) groups is 1. The van der Waals surface area contributed by atoms with Crippen LogP contribution in [-0.2, 0) is 10.0 Å². The van der Waals surface area contributed by atoms with E-state index in [4.69, 9.17) is 4.74 Å². The molecule has 6 nitrogen and oxygen atoms in total. The number of benzene rings is 2. The Morgan fingerprint density at radius 2 is 1.84 bits per heavy atom. The fourth-order valence-electron chi connectivity index (χ4n) is 2.00. The van der Waals surface area contributed by atoms with Crippen molar-refractivity contribution >= 4 is 38.4 Å². The first-order chi connectivity index (χ1) is 12.1. The molecule has 2 aromatic carbocycles. The molecule has 1 N–H and O–H groups in total. The normalized spacial score (nSPS) is 11.6. The third-order valence-corrected chi connectivity index (χ3v) is 5.45. The third kappa shape index (κ3) is 4.43. The highest BCUT2D eigenvalue weighted by Crippen LogP contribution is 2.20. The minimum atomic E-state index is -3.64. The number of methoxy groups -OCH3 is 1. The predicted molar refractivity (Wildman–Crippen MR) is 99.6 cm³/mol. The number of sulfonamides is 1. The highest BCUT2D eigenvalue weighted by molar-refractivity contribution is 7.93. The van der Waals surface area contributed by atoms with Gasteiger partial charge in [-0.25, -0.2) is 13.4 Å². The summed E-state index contributed by atoms with van der Waals surface area (Å²) in [6.07, 6.45) is 3.25. The first kappa shape index (κ1) is 17.1. The van der Waals surface area contributed by atoms with Gasteiger partial charge in [0, 0.05) is 17.8 Å². The van der Waals surface area contributed by atoms with Gasteiger partial charge < -0.3 is 4.74 Å². The summed E-state index contributed by atoms with van der Waals surface area (Å²) in [6, 6.07) is 13.8. The molecule has 0 radical (unpaired) electrons. The molecular weight excluding hydrogens is 358 g/mol. The van der Waals surface area contributed by atoms with Crippen molar-refractivity contribution in [2.75, 3.05) is 11.8 Å². The van der Waals surface area contributed by atoms with E-state index in [0.717, 1.165) is 11.3 Å². The van der Waals surface area contributed by atoms with Gasteiger partial charge in [0.05, 0.1) is 17.7 Å². The Labute approximate surface area is 149 Å². The largest absolute Gasteiger partial charge is 0.497 e. The number of hydrogen-bond donors (Lipinski definition) is 1. The van der Waals surface area contributed by atoms with E-state index in [-0.39, 0.29) is 4.90 Å². The average Bonchev–Trinajstić information content (AvgIpc) is 3.13. The number of nitrogens with zero attached hydrogens (tertiary/aromatic N) is 2. The van der Waals surface area contributed by atoms with Crippen LogP contribution in [0.2, 0.25) is 0 Å². The third-order valence-electron chi connectivity index (χ3n) is 3.28. The lowest BCUT2D eigenvalue weighted by Crippen LogP contribution is -2.12. The van der Waals surface area contributed by atoms with Crippen LogP contribution in [0.5, 0.6) is 5.75 Å². The molecule has 8 heteroatoms. The van der Waals surface area contributed by atoms with Gasteiger partial charge in [0.1, 0.15) is 5.75 Å². The molecule has 0 saturated carbocycles. The smallest absolute Gasteiger partial charge is 0.263 e. The zero-order valence-corrected chi connectivity index (χ0v) is 14.9. The quantitative estimate of drug-likeness (QED) is 0.668. The molecule has 0 aliphatic heterocycles. The first-order valence-corrected chi connectivity index (χ1v) is 9.63. The Morgan fingerprint density at radius 1 is 1.12 bits per heavy atom. The fraction of sp³-hybridized carbons (Fsp3) is 0.0588. The molecule has 1 heterocycles. The molecule has 0 aliphatic rings. The van der Waals surface area contributed by atoms with Gasteiger partial charge in [0.25, 0.3) is 10.0 Å². The minimum absolute atomic E-state index is 0.158. The highest BCUT2D eigenvalue weighted by Gasteiger charge is 2.14. The van der Waals surface area contributed by atoms with Crippen molar-refractivity contribution in [3.8, 4) is 5.75 Å². The monoisotopic (exact) mass is 373 g/mol. The van der Waals surface area contributed by atoms with E-state index in [2.05, 4.69) is 14.7 Å². The Bertz CT molecular complexity index is 949. The second-order valence-electron chi connectivity index (χ2n) is 4.97. The van der Waals surface area contributed by atoms with Crippen LogP contribution in [0.3, 0.4) is 0 Å². The van der Waals surface area contributed by atoms with E-state index in [1.54, 1.807) is 37.0 Å². The second kappa shape index (κ2) is 7.45. The van der Waals surface area contributed by atoms with Crippen molar-refractivity contribution in [2.24, 2.45) is 4.99 Å². The number of nitrogens with one attached hydrogen (secondary N) is 1. The summed E-state index contributed by atoms with van der Waals surface area (Å²) < 4.78 is 32.0. The van der Waals surface area contributed by atoms with Gasteiger partial charge in [-0.1, -0.05) is 0 Å². The fourth-order valence-corrected chi connectivity index (χ4v) is 3.79. The summed E-state index contributed by atoms with van der Waals surface area (Å²) in [6.45, 7) is 0. The van der Waals surface area contributed by atoms with E-state index < -0.39 is 10.0 Å². The minimum Gasteiger partial charge on any atom is -0.497 e. The molecule has 0 fully saturated rings. The van der Waals surface area contributed by atoms with Gasteiger partial charge in [-0.3, -0.25) is 9.71 Å². The van der Waals surface area contributed by atoms with Gasteiger partial charge in [0.15, 0.2) is 5.13 Å². The summed E-state index contributed by atoms with van der Waals surface area (Å²) in [5, 5.41) is 2.04. The zero-order valence-electron chi connectivity index (χ0n) is 13.3. The van der Waals surface area contributed by atoms with E-state index in [9.17, 15) is 8.42 Å². The topological polar surface area (TPSA) is 80.6 Å². The van der Waals surface area contributed by atoms with E-state index in [1.165, 1.54) is 23.5 Å². The van der Waals surface area contributed by atoms with Gasteiger partial charge in [-0.2, -0.15) is 0 Å². The second-order valence-corrected chi connectivity index (χ2v) is 7.54. The standard InChI is InChI=1S/C17H15N3O3S2/c1-23-15-6-2-13(3-7-15)12-19-14-4-8-16(9-5-14)25(21,22)20-17-18-10-11-24-17/h2-12H,1H3,(H,18,20). The van der Waals surface area contributed by atoms with Crippen LogP contribution in [0.1, 0.15) is 5.56 Å². The molecule has 0 saturated heterocycles. The molecule has 0 amide bonds. The molecule has 0 spiro atoms. The van der Waals surface area contributed by atoms with Gasteiger partial charge in [-0.05, 0) is 54.1 Å². The Morgan fingerprint density at radius 3 is 2.44 bits per heavy atom. The number of ether oxygens (including phenoxy) is 1. The van der Waals surface area contributed by atoms with Crippen molar-refractivity contribution in [3.05, 3.63) is 65.7 Å². The lowest BCUT2D eigenvalue weighted by atomic mass is 10.2. The predicted octanol–water partition coefficient (Wildman–Crippen LogP) is 3.70. The molecule has 3 rings (SSSR count). The maximum Gasteiger partial charge on any atom is 0.263 e. The molecule has 0 aliphatic carbocycles. The van der Waals surface area contributed by atoms with E-state index in [1.807, 2.05) is 24.3 Å². The van der Waals surface area contributed by atoms with Crippen molar-refractivity contribution in [3.63, 3.8) is 0 Å². The zero-order chi connectivity index (χ0) is 17.7. The summed E-state index contributed by atoms with van der Waals surface area (Å²) in [4.78, 5) is 8.41. The Hall–Kier alpha value is -2.71. The summed E-state index contributed by atoms with van der Waals surface area (Å²) in [5.74, 6) is 0.777. The Kier molecular flexibility index (Phi) is 5.11. The molecule has 1 aromatic heterocycles. The SMILES string of the molecule is COc1ccc(C=Nc2ccc(S(=O)(=O)Nc3nccs3)cc2)cc1. The summed E-state index contributed by atoms with van der Waals surface area (Å²) in [7, 11) is -2.03. The van der Waals surface area contributed by atoms with Gasteiger partial charge in [0.2, 0.25) is 0 Å². The maximum atomic E-state index is 12.3. The molecule has 128 valence electrons. The molecule has 0 unspecified atom stereocenters. The highest BCUT2D eigenvalue weighted by atomic mass is 32.2. The van der Waals surface area contributed by atoms with Gasteiger partial charge in [-0.15, -0.1) is 11.3 Å².